The molecular formula is C16H17N3O3. The zero-order valence-corrected chi connectivity index (χ0v) is 12.1. The summed E-state index contributed by atoms with van der Waals surface area (Å²) in [6, 6.07) is 5.59. The molecule has 114 valence electrons. The number of piperidine rings is 1. The molecule has 1 saturated carbocycles. The number of para-hydroxylation sites is 1. The first-order chi connectivity index (χ1) is 10.6. The van der Waals surface area contributed by atoms with Crippen LogP contribution < -0.4 is 0 Å². The van der Waals surface area contributed by atoms with Gasteiger partial charge in [0.05, 0.1) is 23.2 Å². The van der Waals surface area contributed by atoms with Gasteiger partial charge in [-0.3, -0.25) is 14.7 Å². The van der Waals surface area contributed by atoms with Crippen molar-refractivity contribution in [2.24, 2.45) is 11.3 Å². The van der Waals surface area contributed by atoms with E-state index in [1.807, 2.05) is 23.1 Å². The highest BCUT2D eigenvalue weighted by Crippen LogP contribution is 2.59. The second-order valence-electron chi connectivity index (χ2n) is 6.39. The number of aliphatic carboxylic acids is 1. The Morgan fingerprint density at radius 2 is 2.09 bits per heavy atom. The number of likely N-dealkylation sites (tertiary alicyclic amines) is 1. The average molecular weight is 299 g/mol. The van der Waals surface area contributed by atoms with Crippen molar-refractivity contribution in [1.29, 1.82) is 0 Å². The topological polar surface area (TPSA) is 86.3 Å². The molecule has 6 nitrogen and oxygen atoms in total. The van der Waals surface area contributed by atoms with E-state index in [1.165, 1.54) is 0 Å². The Morgan fingerprint density at radius 1 is 1.32 bits per heavy atom. The Bertz CT molecular complexity index is 759. The summed E-state index contributed by atoms with van der Waals surface area (Å²) in [6.45, 7) is 1.26. The normalized spacial score (nSPS) is 22.9. The van der Waals surface area contributed by atoms with E-state index < -0.39 is 5.97 Å². The molecule has 1 spiro atoms. The van der Waals surface area contributed by atoms with Crippen molar-refractivity contribution in [3.05, 3.63) is 30.0 Å². The predicted molar refractivity (Wildman–Crippen MR) is 79.4 cm³/mol. The summed E-state index contributed by atoms with van der Waals surface area (Å²) < 4.78 is 0. The van der Waals surface area contributed by atoms with Crippen molar-refractivity contribution in [1.82, 2.24) is 15.1 Å². The maximum Gasteiger partial charge on any atom is 0.307 e. The smallest absolute Gasteiger partial charge is 0.307 e. The number of carbonyl (C=O) groups is 2. The number of amides is 1. The lowest BCUT2D eigenvalue weighted by molar-refractivity contribution is -0.139. The van der Waals surface area contributed by atoms with Crippen LogP contribution in [0.2, 0.25) is 0 Å². The van der Waals surface area contributed by atoms with Gasteiger partial charge >= 0.3 is 5.97 Å². The third-order valence-corrected chi connectivity index (χ3v) is 5.24. The van der Waals surface area contributed by atoms with Crippen LogP contribution >= 0.6 is 0 Å². The Kier molecular flexibility index (Phi) is 2.76. The Hall–Kier alpha value is -2.37. The number of rotatable bonds is 2. The maximum atomic E-state index is 12.7. The molecule has 1 aliphatic heterocycles. The first kappa shape index (κ1) is 13.3. The Balaban J connectivity index is 1.51. The van der Waals surface area contributed by atoms with Crippen LogP contribution in [-0.4, -0.2) is 45.2 Å². The number of fused-ring (bicyclic) bond motifs is 1. The van der Waals surface area contributed by atoms with E-state index in [0.717, 1.165) is 30.2 Å². The number of carboxylic acids is 1. The van der Waals surface area contributed by atoms with E-state index in [-0.39, 0.29) is 17.2 Å². The summed E-state index contributed by atoms with van der Waals surface area (Å²) in [6.07, 6.45) is 4.04. The van der Waals surface area contributed by atoms with Crippen molar-refractivity contribution in [2.45, 2.75) is 19.3 Å². The summed E-state index contributed by atoms with van der Waals surface area (Å²) in [4.78, 5) is 25.6. The molecule has 0 bridgehead atoms. The standard InChI is InChI=1S/C16H17N3O3/c20-14(11-3-1-2-10-9-17-18-13(10)11)19-6-4-16(5-7-19)8-12(16)15(21)22/h1-3,9,12H,4-8H2,(H,17,18)(H,21,22). The van der Waals surface area contributed by atoms with Crippen molar-refractivity contribution in [3.8, 4) is 0 Å². The number of carbonyl (C=O) groups excluding carboxylic acids is 1. The zero-order valence-electron chi connectivity index (χ0n) is 12.1. The summed E-state index contributed by atoms with van der Waals surface area (Å²) in [5.41, 5.74) is 1.35. The number of aromatic amines is 1. The van der Waals surface area contributed by atoms with Crippen LogP contribution in [0.15, 0.2) is 24.4 Å². The lowest BCUT2D eigenvalue weighted by Gasteiger charge is -2.32. The summed E-state index contributed by atoms with van der Waals surface area (Å²) >= 11 is 0. The average Bonchev–Trinajstić information content (AvgIpc) is 3.01. The molecule has 2 aliphatic rings. The van der Waals surface area contributed by atoms with Crippen molar-refractivity contribution >= 4 is 22.8 Å². The molecule has 2 aromatic rings. The molecule has 22 heavy (non-hydrogen) atoms. The zero-order chi connectivity index (χ0) is 15.3. The van der Waals surface area contributed by atoms with Gasteiger partial charge in [0, 0.05) is 18.5 Å². The molecule has 1 saturated heterocycles. The fourth-order valence-corrected chi connectivity index (χ4v) is 3.72. The van der Waals surface area contributed by atoms with Crippen molar-refractivity contribution in [2.75, 3.05) is 13.1 Å². The maximum absolute atomic E-state index is 12.7. The number of carboxylic acid groups (broad SMARTS) is 1. The SMILES string of the molecule is O=C(O)C1CC12CCN(C(=O)c1cccc3cn[nH]c13)CC2. The summed E-state index contributed by atoms with van der Waals surface area (Å²) in [7, 11) is 0. The van der Waals surface area contributed by atoms with E-state index in [4.69, 9.17) is 5.11 Å². The Labute approximate surface area is 127 Å². The van der Waals surface area contributed by atoms with Crippen LogP contribution in [0.5, 0.6) is 0 Å². The Morgan fingerprint density at radius 3 is 2.77 bits per heavy atom. The van der Waals surface area contributed by atoms with Gasteiger partial charge in [-0.25, -0.2) is 0 Å². The highest BCUT2D eigenvalue weighted by Gasteiger charge is 2.59. The number of nitrogens with one attached hydrogen (secondary N) is 1. The molecule has 4 rings (SSSR count). The molecule has 1 aromatic heterocycles. The van der Waals surface area contributed by atoms with Gasteiger partial charge in [-0.2, -0.15) is 5.10 Å². The minimum Gasteiger partial charge on any atom is -0.481 e. The van der Waals surface area contributed by atoms with Crippen molar-refractivity contribution < 1.29 is 14.7 Å². The first-order valence-electron chi connectivity index (χ1n) is 7.55. The second kappa shape index (κ2) is 4.56. The largest absolute Gasteiger partial charge is 0.481 e. The van der Waals surface area contributed by atoms with Gasteiger partial charge in [0.1, 0.15) is 0 Å². The van der Waals surface area contributed by atoms with Gasteiger partial charge in [-0.1, -0.05) is 12.1 Å². The van der Waals surface area contributed by atoms with Gasteiger partial charge in [-0.05, 0) is 30.7 Å². The molecule has 1 amide bonds. The van der Waals surface area contributed by atoms with Gasteiger partial charge in [0.2, 0.25) is 0 Å². The van der Waals surface area contributed by atoms with Crippen LogP contribution in [0, 0.1) is 11.3 Å². The third-order valence-electron chi connectivity index (χ3n) is 5.24. The van der Waals surface area contributed by atoms with Crippen molar-refractivity contribution in [3.63, 3.8) is 0 Å². The molecule has 1 aliphatic carbocycles. The molecule has 2 N–H and O–H groups in total. The molecule has 2 heterocycles. The minimum absolute atomic E-state index is 0.00257. The summed E-state index contributed by atoms with van der Waals surface area (Å²) in [5.74, 6) is -0.903. The van der Waals surface area contributed by atoms with E-state index in [2.05, 4.69) is 10.2 Å². The molecular weight excluding hydrogens is 282 g/mol. The van der Waals surface area contributed by atoms with Gasteiger partial charge < -0.3 is 10.0 Å². The number of hydrogen-bond acceptors (Lipinski definition) is 3. The number of aromatic nitrogens is 2. The lowest BCUT2D eigenvalue weighted by Crippen LogP contribution is -2.40. The summed E-state index contributed by atoms with van der Waals surface area (Å²) in [5, 5.41) is 16.9. The molecule has 6 heteroatoms. The predicted octanol–water partition coefficient (Wildman–Crippen LogP) is 1.89. The van der Waals surface area contributed by atoms with Gasteiger partial charge in [-0.15, -0.1) is 0 Å². The third kappa shape index (κ3) is 1.90. The lowest BCUT2D eigenvalue weighted by atomic mass is 9.90. The van der Waals surface area contributed by atoms with E-state index in [0.29, 0.717) is 18.7 Å². The van der Waals surface area contributed by atoms with Crippen LogP contribution in [0.3, 0.4) is 0 Å². The van der Waals surface area contributed by atoms with Gasteiger partial charge in [0.15, 0.2) is 0 Å². The highest BCUT2D eigenvalue weighted by molar-refractivity contribution is 6.05. The van der Waals surface area contributed by atoms with E-state index in [1.54, 1.807) is 6.20 Å². The van der Waals surface area contributed by atoms with Crippen LogP contribution in [0.25, 0.3) is 10.9 Å². The quantitative estimate of drug-likeness (QED) is 0.886. The first-order valence-corrected chi connectivity index (χ1v) is 7.55. The number of nitrogens with zero attached hydrogens (tertiary/aromatic N) is 2. The molecule has 1 aromatic carbocycles. The van der Waals surface area contributed by atoms with Gasteiger partial charge in [0.25, 0.3) is 5.91 Å². The number of H-pyrrole nitrogens is 1. The highest BCUT2D eigenvalue weighted by atomic mass is 16.4. The fraction of sp³-hybridized carbons (Fsp3) is 0.438. The molecule has 1 atom stereocenters. The van der Waals surface area contributed by atoms with E-state index in [9.17, 15) is 9.59 Å². The monoisotopic (exact) mass is 299 g/mol. The minimum atomic E-state index is -0.693. The number of hydrogen-bond donors (Lipinski definition) is 2. The van der Waals surface area contributed by atoms with E-state index >= 15 is 0 Å². The fourth-order valence-electron chi connectivity index (χ4n) is 3.72. The van der Waals surface area contributed by atoms with Crippen LogP contribution in [0.1, 0.15) is 29.6 Å². The molecule has 1 unspecified atom stereocenters. The number of benzene rings is 1. The molecule has 2 fully saturated rings. The molecule has 0 radical (unpaired) electrons. The van der Waals surface area contributed by atoms with Crippen LogP contribution in [0.4, 0.5) is 0 Å². The van der Waals surface area contributed by atoms with Crippen LogP contribution in [-0.2, 0) is 4.79 Å². The second-order valence-corrected chi connectivity index (χ2v) is 6.39.